The Morgan fingerprint density at radius 1 is 1.29 bits per heavy atom. The van der Waals surface area contributed by atoms with E-state index in [2.05, 4.69) is 32.0 Å². The third-order valence-electron chi connectivity index (χ3n) is 2.81. The fourth-order valence-corrected chi connectivity index (χ4v) is 2.08. The standard InChI is InChI=1S/C14H27N5OS/c1-14(2,3)12-18-11(19-20-12)10-17-13(15-4)16-8-6-7-9-21-5/h6-10H2,1-5H3,(H2,15,16,17). The van der Waals surface area contributed by atoms with Gasteiger partial charge in [-0.2, -0.15) is 16.7 Å². The number of hydrogen-bond donors (Lipinski definition) is 2. The van der Waals surface area contributed by atoms with Crippen LogP contribution in [0.5, 0.6) is 0 Å². The van der Waals surface area contributed by atoms with E-state index in [1.807, 2.05) is 32.5 Å². The maximum Gasteiger partial charge on any atom is 0.232 e. The Morgan fingerprint density at radius 2 is 2.05 bits per heavy atom. The molecule has 0 atom stereocenters. The van der Waals surface area contributed by atoms with Gasteiger partial charge in [0.15, 0.2) is 11.8 Å². The molecule has 21 heavy (non-hydrogen) atoms. The predicted octanol–water partition coefficient (Wildman–Crippen LogP) is 2.18. The zero-order valence-electron chi connectivity index (χ0n) is 13.7. The molecule has 0 unspecified atom stereocenters. The summed E-state index contributed by atoms with van der Waals surface area (Å²) in [7, 11) is 1.76. The molecule has 1 heterocycles. The number of nitrogens with one attached hydrogen (secondary N) is 2. The molecule has 2 N–H and O–H groups in total. The zero-order valence-corrected chi connectivity index (χ0v) is 14.5. The number of aliphatic imine (C=N–C) groups is 1. The Morgan fingerprint density at radius 3 is 2.62 bits per heavy atom. The maximum absolute atomic E-state index is 5.26. The zero-order chi connectivity index (χ0) is 15.7. The van der Waals surface area contributed by atoms with E-state index in [4.69, 9.17) is 4.52 Å². The summed E-state index contributed by atoms with van der Waals surface area (Å²) in [5.41, 5.74) is -0.123. The second kappa shape index (κ2) is 8.92. The van der Waals surface area contributed by atoms with Gasteiger partial charge in [0.25, 0.3) is 0 Å². The van der Waals surface area contributed by atoms with Crippen LogP contribution in [-0.2, 0) is 12.0 Å². The highest BCUT2D eigenvalue weighted by atomic mass is 32.2. The van der Waals surface area contributed by atoms with Crippen molar-refractivity contribution in [3.63, 3.8) is 0 Å². The first-order valence-corrected chi connectivity index (χ1v) is 8.63. The van der Waals surface area contributed by atoms with Crippen molar-refractivity contribution in [2.24, 2.45) is 4.99 Å². The molecule has 1 aromatic heterocycles. The first kappa shape index (κ1) is 17.8. The molecule has 6 nitrogen and oxygen atoms in total. The Hall–Kier alpha value is -1.24. The number of unbranched alkanes of at least 4 members (excludes halogenated alkanes) is 1. The highest BCUT2D eigenvalue weighted by Gasteiger charge is 2.21. The van der Waals surface area contributed by atoms with Crippen LogP contribution in [0.1, 0.15) is 45.3 Å². The van der Waals surface area contributed by atoms with Gasteiger partial charge in [0, 0.05) is 19.0 Å². The average molecular weight is 313 g/mol. The van der Waals surface area contributed by atoms with Crippen LogP contribution in [0.3, 0.4) is 0 Å². The normalized spacial score (nSPS) is 12.5. The molecule has 0 spiro atoms. The predicted molar refractivity (Wildman–Crippen MR) is 88.8 cm³/mol. The van der Waals surface area contributed by atoms with Gasteiger partial charge in [-0.15, -0.1) is 0 Å². The van der Waals surface area contributed by atoms with Crippen molar-refractivity contribution in [2.75, 3.05) is 25.6 Å². The molecule has 0 fully saturated rings. The molecule has 0 aliphatic rings. The molecule has 0 radical (unpaired) electrons. The third-order valence-corrected chi connectivity index (χ3v) is 3.51. The minimum atomic E-state index is -0.123. The van der Waals surface area contributed by atoms with Crippen molar-refractivity contribution >= 4 is 17.7 Å². The van der Waals surface area contributed by atoms with Gasteiger partial charge >= 0.3 is 0 Å². The third kappa shape index (κ3) is 6.84. The molecule has 0 saturated heterocycles. The van der Waals surface area contributed by atoms with Crippen LogP contribution < -0.4 is 10.6 Å². The smallest absolute Gasteiger partial charge is 0.232 e. The Bertz CT molecular complexity index is 439. The highest BCUT2D eigenvalue weighted by molar-refractivity contribution is 7.98. The monoisotopic (exact) mass is 313 g/mol. The molecule has 0 aliphatic heterocycles. The average Bonchev–Trinajstić information content (AvgIpc) is 2.91. The summed E-state index contributed by atoms with van der Waals surface area (Å²) in [6.45, 7) is 7.57. The lowest BCUT2D eigenvalue weighted by atomic mass is 9.97. The van der Waals surface area contributed by atoms with Crippen molar-refractivity contribution in [3.05, 3.63) is 11.7 Å². The van der Waals surface area contributed by atoms with Crippen LogP contribution in [0, 0.1) is 0 Å². The van der Waals surface area contributed by atoms with Crippen molar-refractivity contribution in [3.8, 4) is 0 Å². The van der Waals surface area contributed by atoms with Gasteiger partial charge in [-0.25, -0.2) is 0 Å². The first-order valence-electron chi connectivity index (χ1n) is 7.24. The largest absolute Gasteiger partial charge is 0.356 e. The fraction of sp³-hybridized carbons (Fsp3) is 0.786. The van der Waals surface area contributed by atoms with Crippen molar-refractivity contribution in [1.82, 2.24) is 20.8 Å². The van der Waals surface area contributed by atoms with Gasteiger partial charge in [-0.3, -0.25) is 4.99 Å². The van der Waals surface area contributed by atoms with Gasteiger partial charge in [-0.05, 0) is 24.9 Å². The Labute approximate surface area is 131 Å². The highest BCUT2D eigenvalue weighted by Crippen LogP contribution is 2.19. The summed E-state index contributed by atoms with van der Waals surface area (Å²) in [4.78, 5) is 8.56. The summed E-state index contributed by atoms with van der Waals surface area (Å²) in [5.74, 6) is 3.26. The molecular weight excluding hydrogens is 286 g/mol. The molecule has 1 rings (SSSR count). The lowest BCUT2D eigenvalue weighted by molar-refractivity contribution is 0.318. The van der Waals surface area contributed by atoms with Gasteiger partial charge in [0.2, 0.25) is 5.89 Å². The second-order valence-electron chi connectivity index (χ2n) is 5.82. The van der Waals surface area contributed by atoms with Crippen molar-refractivity contribution in [1.29, 1.82) is 0 Å². The molecule has 7 heteroatoms. The summed E-state index contributed by atoms with van der Waals surface area (Å²) in [6, 6.07) is 0. The SMILES string of the molecule is CN=C(NCCCCSC)NCc1noc(C(C)(C)C)n1. The summed E-state index contributed by atoms with van der Waals surface area (Å²) < 4.78 is 5.26. The van der Waals surface area contributed by atoms with E-state index in [0.717, 1.165) is 18.9 Å². The van der Waals surface area contributed by atoms with E-state index in [1.165, 1.54) is 12.2 Å². The lowest BCUT2D eigenvalue weighted by Crippen LogP contribution is -2.37. The van der Waals surface area contributed by atoms with Gasteiger partial charge in [-0.1, -0.05) is 25.9 Å². The summed E-state index contributed by atoms with van der Waals surface area (Å²) in [6.07, 6.45) is 4.48. The van der Waals surface area contributed by atoms with Crippen LogP contribution in [0.2, 0.25) is 0 Å². The van der Waals surface area contributed by atoms with Gasteiger partial charge in [0.05, 0.1) is 6.54 Å². The van der Waals surface area contributed by atoms with Crippen LogP contribution >= 0.6 is 11.8 Å². The number of thioether (sulfide) groups is 1. The molecule has 0 aliphatic carbocycles. The molecule has 120 valence electrons. The van der Waals surface area contributed by atoms with Crippen LogP contribution in [0.25, 0.3) is 0 Å². The van der Waals surface area contributed by atoms with Crippen molar-refractivity contribution in [2.45, 2.75) is 45.6 Å². The van der Waals surface area contributed by atoms with E-state index in [1.54, 1.807) is 7.05 Å². The number of hydrogen-bond acceptors (Lipinski definition) is 5. The molecular formula is C14H27N5OS. The second-order valence-corrected chi connectivity index (χ2v) is 6.80. The fourth-order valence-electron chi connectivity index (χ4n) is 1.59. The van der Waals surface area contributed by atoms with E-state index in [0.29, 0.717) is 18.3 Å². The summed E-state index contributed by atoms with van der Waals surface area (Å²) in [5, 5.41) is 10.4. The molecule has 1 aromatic rings. The Balaban J connectivity index is 2.33. The van der Waals surface area contributed by atoms with E-state index in [-0.39, 0.29) is 5.41 Å². The lowest BCUT2D eigenvalue weighted by Gasteiger charge is -2.11. The summed E-state index contributed by atoms with van der Waals surface area (Å²) >= 11 is 1.88. The van der Waals surface area contributed by atoms with Crippen LogP contribution in [0.4, 0.5) is 0 Å². The van der Waals surface area contributed by atoms with E-state index < -0.39 is 0 Å². The Kier molecular flexibility index (Phi) is 7.56. The number of nitrogens with zero attached hydrogens (tertiary/aromatic N) is 3. The molecule has 0 aromatic carbocycles. The topological polar surface area (TPSA) is 75.3 Å². The minimum absolute atomic E-state index is 0.123. The number of rotatable bonds is 7. The van der Waals surface area contributed by atoms with Crippen molar-refractivity contribution < 1.29 is 4.52 Å². The maximum atomic E-state index is 5.26. The van der Waals surface area contributed by atoms with Crippen LogP contribution in [-0.4, -0.2) is 41.7 Å². The van der Waals surface area contributed by atoms with Gasteiger partial charge in [0.1, 0.15) is 0 Å². The quantitative estimate of drug-likeness (QED) is 0.456. The van der Waals surface area contributed by atoms with Gasteiger partial charge < -0.3 is 15.2 Å². The van der Waals surface area contributed by atoms with E-state index in [9.17, 15) is 0 Å². The van der Waals surface area contributed by atoms with Crippen LogP contribution in [0.15, 0.2) is 9.52 Å². The first-order chi connectivity index (χ1) is 9.97. The minimum Gasteiger partial charge on any atom is -0.356 e. The number of guanidine groups is 1. The molecule has 0 saturated carbocycles. The number of aromatic nitrogens is 2. The molecule has 0 amide bonds. The van der Waals surface area contributed by atoms with E-state index >= 15 is 0 Å². The molecule has 0 bridgehead atoms.